The Bertz CT molecular complexity index is 1160. The lowest BCUT2D eigenvalue weighted by molar-refractivity contribution is -0.387. The van der Waals surface area contributed by atoms with Gasteiger partial charge in [0, 0.05) is 42.7 Å². The Labute approximate surface area is 197 Å². The molecule has 0 bridgehead atoms. The average Bonchev–Trinajstić information content (AvgIpc) is 2.85. The summed E-state index contributed by atoms with van der Waals surface area (Å²) in [5.41, 5.74) is 2.40. The molecule has 3 aromatic rings. The van der Waals surface area contributed by atoms with E-state index in [9.17, 15) is 14.9 Å². The maximum absolute atomic E-state index is 13.1. The van der Waals surface area contributed by atoms with Gasteiger partial charge in [-0.3, -0.25) is 14.9 Å². The summed E-state index contributed by atoms with van der Waals surface area (Å²) in [5.74, 6) is 0.610. The first-order valence-corrected chi connectivity index (χ1v) is 11.5. The van der Waals surface area contributed by atoms with Crippen LogP contribution in [-0.4, -0.2) is 49.0 Å². The number of hydrogen-bond donors (Lipinski definition) is 0. The molecule has 1 heterocycles. The molecule has 33 heavy (non-hydrogen) atoms. The highest BCUT2D eigenvalue weighted by Crippen LogP contribution is 2.36. The van der Waals surface area contributed by atoms with E-state index in [1.54, 1.807) is 24.1 Å². The fourth-order valence-electron chi connectivity index (χ4n) is 3.84. The van der Waals surface area contributed by atoms with Gasteiger partial charge in [0.2, 0.25) is 0 Å². The molecule has 3 aromatic carbocycles. The molecule has 0 saturated carbocycles. The van der Waals surface area contributed by atoms with Crippen LogP contribution in [0.25, 0.3) is 0 Å². The zero-order chi connectivity index (χ0) is 23.4. The van der Waals surface area contributed by atoms with Crippen LogP contribution in [0, 0.1) is 17.0 Å². The van der Waals surface area contributed by atoms with E-state index < -0.39 is 4.92 Å². The smallest absolute Gasteiger partial charge is 0.284 e. The van der Waals surface area contributed by atoms with Crippen LogP contribution < -0.4 is 9.64 Å². The summed E-state index contributed by atoms with van der Waals surface area (Å²) in [5, 5.41) is 11.7. The number of nitro groups is 1. The minimum Gasteiger partial charge on any atom is -0.495 e. The number of carbonyl (C=O) groups excluding carboxylic acids is 1. The van der Waals surface area contributed by atoms with Gasteiger partial charge in [0.15, 0.2) is 0 Å². The topological polar surface area (TPSA) is 75.9 Å². The summed E-state index contributed by atoms with van der Waals surface area (Å²) in [6.45, 7) is 4.38. The quantitative estimate of drug-likeness (QED) is 0.377. The van der Waals surface area contributed by atoms with Crippen molar-refractivity contribution in [2.75, 3.05) is 38.2 Å². The Morgan fingerprint density at radius 3 is 2.36 bits per heavy atom. The van der Waals surface area contributed by atoms with Crippen LogP contribution in [0.15, 0.2) is 76.5 Å². The maximum atomic E-state index is 13.1. The SMILES string of the molecule is COc1ccccc1N1CCN(C(=O)c2ccc(Sc3ccc(C)cc3)c([N+](=O)[O-])c2)CC1. The van der Waals surface area contributed by atoms with Gasteiger partial charge < -0.3 is 14.5 Å². The second kappa shape index (κ2) is 9.95. The zero-order valence-corrected chi connectivity index (χ0v) is 19.4. The monoisotopic (exact) mass is 463 g/mol. The van der Waals surface area contributed by atoms with E-state index in [4.69, 9.17) is 4.74 Å². The minimum atomic E-state index is -0.424. The van der Waals surface area contributed by atoms with Gasteiger partial charge >= 0.3 is 0 Å². The van der Waals surface area contributed by atoms with Crippen molar-refractivity contribution in [1.29, 1.82) is 0 Å². The molecule has 1 saturated heterocycles. The van der Waals surface area contributed by atoms with Crippen molar-refractivity contribution in [3.8, 4) is 5.75 Å². The number of methoxy groups -OCH3 is 1. The normalized spacial score (nSPS) is 13.6. The van der Waals surface area contributed by atoms with E-state index in [2.05, 4.69) is 4.90 Å². The molecule has 0 spiro atoms. The highest BCUT2D eigenvalue weighted by Gasteiger charge is 2.26. The summed E-state index contributed by atoms with van der Waals surface area (Å²) < 4.78 is 5.45. The van der Waals surface area contributed by atoms with E-state index in [1.807, 2.05) is 55.5 Å². The summed E-state index contributed by atoms with van der Waals surface area (Å²) in [6, 6.07) is 20.4. The highest BCUT2D eigenvalue weighted by atomic mass is 32.2. The fraction of sp³-hybridized carbons (Fsp3) is 0.240. The summed E-state index contributed by atoms with van der Waals surface area (Å²) in [6.07, 6.45) is 0. The molecule has 0 aliphatic carbocycles. The van der Waals surface area contributed by atoms with Crippen molar-refractivity contribution in [3.05, 3.63) is 88.0 Å². The molecule has 7 nitrogen and oxygen atoms in total. The molecule has 4 rings (SSSR count). The number of anilines is 1. The molecule has 1 fully saturated rings. The van der Waals surface area contributed by atoms with Crippen LogP contribution >= 0.6 is 11.8 Å². The molecule has 0 aromatic heterocycles. The van der Waals surface area contributed by atoms with Gasteiger partial charge in [-0.1, -0.05) is 41.6 Å². The lowest BCUT2D eigenvalue weighted by atomic mass is 10.1. The third-order valence-corrected chi connectivity index (χ3v) is 6.72. The highest BCUT2D eigenvalue weighted by molar-refractivity contribution is 7.99. The van der Waals surface area contributed by atoms with Gasteiger partial charge in [0.25, 0.3) is 11.6 Å². The van der Waals surface area contributed by atoms with Crippen molar-refractivity contribution in [2.24, 2.45) is 0 Å². The predicted molar refractivity (Wildman–Crippen MR) is 130 cm³/mol. The molecule has 0 radical (unpaired) electrons. The fourth-order valence-corrected chi connectivity index (χ4v) is 4.74. The van der Waals surface area contributed by atoms with Crippen LogP contribution in [0.2, 0.25) is 0 Å². The number of benzene rings is 3. The lowest BCUT2D eigenvalue weighted by Gasteiger charge is -2.36. The van der Waals surface area contributed by atoms with E-state index in [1.165, 1.54) is 17.8 Å². The Morgan fingerprint density at radius 1 is 1.00 bits per heavy atom. The van der Waals surface area contributed by atoms with E-state index in [-0.39, 0.29) is 11.6 Å². The summed E-state index contributed by atoms with van der Waals surface area (Å²) in [4.78, 5) is 29.8. The van der Waals surface area contributed by atoms with Crippen LogP contribution in [0.4, 0.5) is 11.4 Å². The molecular formula is C25H25N3O4S. The van der Waals surface area contributed by atoms with Crippen molar-refractivity contribution in [3.63, 3.8) is 0 Å². The first-order valence-electron chi connectivity index (χ1n) is 10.7. The van der Waals surface area contributed by atoms with Crippen molar-refractivity contribution >= 4 is 29.0 Å². The number of piperazine rings is 1. The van der Waals surface area contributed by atoms with Crippen LogP contribution in [0.3, 0.4) is 0 Å². The maximum Gasteiger partial charge on any atom is 0.284 e. The first-order chi connectivity index (χ1) is 16.0. The largest absolute Gasteiger partial charge is 0.495 e. The Balaban J connectivity index is 1.47. The van der Waals surface area contributed by atoms with Crippen LogP contribution in [0.1, 0.15) is 15.9 Å². The third-order valence-electron chi connectivity index (χ3n) is 5.64. The van der Waals surface area contributed by atoms with E-state index >= 15 is 0 Å². The molecule has 1 amide bonds. The number of hydrogen-bond acceptors (Lipinski definition) is 6. The molecule has 170 valence electrons. The van der Waals surface area contributed by atoms with E-state index in [0.717, 1.165) is 21.9 Å². The van der Waals surface area contributed by atoms with Crippen molar-refractivity contribution in [2.45, 2.75) is 16.7 Å². The molecule has 0 unspecified atom stereocenters. The Kier molecular flexibility index (Phi) is 6.84. The van der Waals surface area contributed by atoms with Crippen molar-refractivity contribution in [1.82, 2.24) is 4.90 Å². The summed E-state index contributed by atoms with van der Waals surface area (Å²) in [7, 11) is 1.65. The summed E-state index contributed by atoms with van der Waals surface area (Å²) >= 11 is 1.32. The number of para-hydroxylation sites is 2. The average molecular weight is 464 g/mol. The molecule has 1 aliphatic rings. The second-order valence-corrected chi connectivity index (χ2v) is 8.92. The molecule has 0 atom stereocenters. The Morgan fingerprint density at radius 2 is 1.70 bits per heavy atom. The van der Waals surface area contributed by atoms with Gasteiger partial charge in [0.05, 0.1) is 22.6 Å². The third kappa shape index (κ3) is 5.12. The van der Waals surface area contributed by atoms with Crippen LogP contribution in [-0.2, 0) is 0 Å². The molecular weight excluding hydrogens is 438 g/mol. The first kappa shape index (κ1) is 22.7. The van der Waals surface area contributed by atoms with Gasteiger partial charge in [-0.2, -0.15) is 0 Å². The van der Waals surface area contributed by atoms with Crippen molar-refractivity contribution < 1.29 is 14.5 Å². The predicted octanol–water partition coefficient (Wildman–Crippen LogP) is 5.03. The minimum absolute atomic E-state index is 0.0564. The molecule has 8 heteroatoms. The number of nitrogens with zero attached hydrogens (tertiary/aromatic N) is 3. The number of carbonyl (C=O) groups is 1. The molecule has 0 N–H and O–H groups in total. The Hall–Kier alpha value is -3.52. The standard InChI is InChI=1S/C25H25N3O4S/c1-18-7-10-20(11-8-18)33-24-12-9-19(17-22(24)28(30)31)25(29)27-15-13-26(14-16-27)21-5-3-4-6-23(21)32-2/h3-12,17H,13-16H2,1-2H3. The number of nitro benzene ring substituents is 1. The van der Waals surface area contributed by atoms with Gasteiger partial charge in [0.1, 0.15) is 5.75 Å². The second-order valence-electron chi connectivity index (χ2n) is 7.81. The molecule has 1 aliphatic heterocycles. The van der Waals surface area contributed by atoms with Gasteiger partial charge in [-0.05, 0) is 43.3 Å². The number of aryl methyl sites for hydroxylation is 1. The number of rotatable bonds is 6. The van der Waals surface area contributed by atoms with E-state index in [0.29, 0.717) is 36.6 Å². The van der Waals surface area contributed by atoms with Gasteiger partial charge in [-0.15, -0.1) is 0 Å². The number of amides is 1. The van der Waals surface area contributed by atoms with Crippen LogP contribution in [0.5, 0.6) is 5.75 Å². The lowest BCUT2D eigenvalue weighted by Crippen LogP contribution is -2.48. The number of ether oxygens (including phenoxy) is 1. The van der Waals surface area contributed by atoms with Gasteiger partial charge in [-0.25, -0.2) is 0 Å². The zero-order valence-electron chi connectivity index (χ0n) is 18.6.